The van der Waals surface area contributed by atoms with E-state index in [9.17, 15) is 14.5 Å². The van der Waals surface area contributed by atoms with Crippen LogP contribution in [0.1, 0.15) is 13.3 Å². The molecular formula is C11H15FN2O4. The molecule has 0 saturated carbocycles. The van der Waals surface area contributed by atoms with Crippen molar-refractivity contribution in [2.24, 2.45) is 0 Å². The van der Waals surface area contributed by atoms with E-state index in [0.29, 0.717) is 6.42 Å². The minimum absolute atomic E-state index is 0.0308. The molecule has 0 aromatic heterocycles. The molecule has 0 heterocycles. The largest absolute Gasteiger partial charge is 0.490 e. The molecule has 0 unspecified atom stereocenters. The Hall–Kier alpha value is -1.89. The van der Waals surface area contributed by atoms with Crippen LogP contribution in [0.2, 0.25) is 0 Å². The van der Waals surface area contributed by atoms with Crippen molar-refractivity contribution in [2.75, 3.05) is 19.0 Å². The molecule has 1 rings (SSSR count). The molecule has 6 nitrogen and oxygen atoms in total. The normalized spacial score (nSPS) is 12.0. The Bertz CT molecular complexity index is 435. The number of benzene rings is 1. The van der Waals surface area contributed by atoms with E-state index < -0.39 is 16.4 Å². The van der Waals surface area contributed by atoms with Gasteiger partial charge in [0.05, 0.1) is 30.4 Å². The Kier molecular flexibility index (Phi) is 4.85. The van der Waals surface area contributed by atoms with Crippen molar-refractivity contribution >= 4 is 11.4 Å². The topological polar surface area (TPSA) is 84.6 Å². The molecule has 0 amide bonds. The lowest BCUT2D eigenvalue weighted by atomic mass is 10.2. The maximum atomic E-state index is 13.7. The van der Waals surface area contributed by atoms with Crippen molar-refractivity contribution in [3.05, 3.63) is 28.1 Å². The van der Waals surface area contributed by atoms with Gasteiger partial charge in [-0.25, -0.2) is 4.39 Å². The Morgan fingerprint density at radius 3 is 2.72 bits per heavy atom. The lowest BCUT2D eigenvalue weighted by Crippen LogP contribution is -2.23. The lowest BCUT2D eigenvalue weighted by molar-refractivity contribution is -0.385. The highest BCUT2D eigenvalue weighted by Crippen LogP contribution is 2.32. The van der Waals surface area contributed by atoms with Gasteiger partial charge in [0.1, 0.15) is 0 Å². The number of nitrogens with zero attached hydrogens (tertiary/aromatic N) is 1. The highest BCUT2D eigenvalue weighted by Gasteiger charge is 2.20. The predicted molar refractivity (Wildman–Crippen MR) is 64.4 cm³/mol. The van der Waals surface area contributed by atoms with Crippen molar-refractivity contribution < 1.29 is 19.2 Å². The Morgan fingerprint density at radius 1 is 1.61 bits per heavy atom. The SMILES string of the molecule is CC[C@@H](CO)Nc1cc(OC)c([N+](=O)[O-])cc1F. The monoisotopic (exact) mass is 258 g/mol. The van der Waals surface area contributed by atoms with Gasteiger partial charge in [-0.3, -0.25) is 10.1 Å². The number of halogens is 1. The predicted octanol–water partition coefficient (Wildman–Crippen LogP) is 1.93. The summed E-state index contributed by atoms with van der Waals surface area (Å²) in [5, 5.41) is 22.5. The van der Waals surface area contributed by atoms with Gasteiger partial charge in [0, 0.05) is 12.1 Å². The van der Waals surface area contributed by atoms with Crippen LogP contribution < -0.4 is 10.1 Å². The summed E-state index contributed by atoms with van der Waals surface area (Å²) < 4.78 is 18.5. The fourth-order valence-electron chi connectivity index (χ4n) is 1.46. The van der Waals surface area contributed by atoms with E-state index in [4.69, 9.17) is 9.84 Å². The minimum atomic E-state index is -0.755. The number of nitrogens with one attached hydrogen (secondary N) is 1. The molecule has 0 aliphatic heterocycles. The molecule has 7 heteroatoms. The molecule has 2 N–H and O–H groups in total. The fraction of sp³-hybridized carbons (Fsp3) is 0.455. The third-order valence-corrected chi connectivity index (χ3v) is 2.54. The smallest absolute Gasteiger partial charge is 0.313 e. The number of hydrogen-bond acceptors (Lipinski definition) is 5. The number of methoxy groups -OCH3 is 1. The first-order valence-corrected chi connectivity index (χ1v) is 5.42. The van der Waals surface area contributed by atoms with E-state index >= 15 is 0 Å². The zero-order valence-electron chi connectivity index (χ0n) is 10.1. The van der Waals surface area contributed by atoms with E-state index in [1.165, 1.54) is 13.2 Å². The van der Waals surface area contributed by atoms with E-state index in [1.54, 1.807) is 0 Å². The summed E-state index contributed by atoms with van der Waals surface area (Å²) in [4.78, 5) is 9.96. The number of nitro benzene ring substituents is 1. The zero-order chi connectivity index (χ0) is 13.7. The van der Waals surface area contributed by atoms with Crippen molar-refractivity contribution in [2.45, 2.75) is 19.4 Å². The van der Waals surface area contributed by atoms with Gasteiger partial charge in [-0.05, 0) is 6.42 Å². The van der Waals surface area contributed by atoms with Gasteiger partial charge in [-0.2, -0.15) is 0 Å². The minimum Gasteiger partial charge on any atom is -0.490 e. The van der Waals surface area contributed by atoms with Crippen molar-refractivity contribution in [1.82, 2.24) is 0 Å². The number of aliphatic hydroxyl groups excluding tert-OH is 1. The van der Waals surface area contributed by atoms with Gasteiger partial charge < -0.3 is 15.2 Å². The second-order valence-electron chi connectivity index (χ2n) is 3.69. The molecule has 1 aromatic carbocycles. The van der Waals surface area contributed by atoms with Crippen LogP contribution in [0, 0.1) is 15.9 Å². The molecule has 1 atom stereocenters. The van der Waals surface area contributed by atoms with E-state index in [-0.39, 0.29) is 24.1 Å². The molecule has 0 fully saturated rings. The Morgan fingerprint density at radius 2 is 2.28 bits per heavy atom. The molecule has 100 valence electrons. The van der Waals surface area contributed by atoms with E-state index in [0.717, 1.165) is 6.07 Å². The highest BCUT2D eigenvalue weighted by molar-refractivity contribution is 5.59. The summed E-state index contributed by atoms with van der Waals surface area (Å²) in [5.74, 6) is -0.786. The molecule has 18 heavy (non-hydrogen) atoms. The number of anilines is 1. The summed E-state index contributed by atoms with van der Waals surface area (Å²) in [7, 11) is 1.27. The molecule has 0 spiro atoms. The first-order chi connectivity index (χ1) is 8.53. The van der Waals surface area contributed by atoms with Crippen LogP contribution in [0.25, 0.3) is 0 Å². The van der Waals surface area contributed by atoms with Crippen LogP contribution in [-0.4, -0.2) is 29.8 Å². The first-order valence-electron chi connectivity index (χ1n) is 5.42. The quantitative estimate of drug-likeness (QED) is 0.601. The van der Waals surface area contributed by atoms with Crippen LogP contribution in [0.4, 0.5) is 15.8 Å². The van der Waals surface area contributed by atoms with Crippen LogP contribution in [0.3, 0.4) is 0 Å². The van der Waals surface area contributed by atoms with Crippen LogP contribution in [0.15, 0.2) is 12.1 Å². The second-order valence-corrected chi connectivity index (χ2v) is 3.69. The molecule has 1 aromatic rings. The van der Waals surface area contributed by atoms with Gasteiger partial charge in [0.15, 0.2) is 11.6 Å². The molecule has 0 saturated heterocycles. The van der Waals surface area contributed by atoms with E-state index in [1.807, 2.05) is 6.92 Å². The van der Waals surface area contributed by atoms with Gasteiger partial charge in [-0.15, -0.1) is 0 Å². The maximum absolute atomic E-state index is 13.7. The standard InChI is InChI=1S/C11H15FN2O4/c1-3-7(6-15)13-9-5-11(18-2)10(14(16)17)4-8(9)12/h4-5,7,13,15H,3,6H2,1-2H3/t7-/m0/s1. The summed E-state index contributed by atoms with van der Waals surface area (Å²) in [6.45, 7) is 1.67. The average Bonchev–Trinajstić information content (AvgIpc) is 2.36. The number of aliphatic hydroxyl groups is 1. The third kappa shape index (κ3) is 3.07. The second kappa shape index (κ2) is 6.15. The van der Waals surface area contributed by atoms with Crippen molar-refractivity contribution in [1.29, 1.82) is 0 Å². The average molecular weight is 258 g/mol. The number of rotatable bonds is 6. The van der Waals surface area contributed by atoms with Gasteiger partial charge in [-0.1, -0.05) is 6.92 Å². The molecule has 0 radical (unpaired) electrons. The number of hydrogen-bond donors (Lipinski definition) is 2. The maximum Gasteiger partial charge on any atom is 0.313 e. The van der Waals surface area contributed by atoms with Gasteiger partial charge in [0.25, 0.3) is 0 Å². The summed E-state index contributed by atoms with van der Waals surface area (Å²) in [5.41, 5.74) is -0.365. The number of ether oxygens (including phenoxy) is 1. The molecule has 0 bridgehead atoms. The molecule has 0 aliphatic carbocycles. The van der Waals surface area contributed by atoms with Crippen LogP contribution in [0.5, 0.6) is 5.75 Å². The van der Waals surface area contributed by atoms with Crippen molar-refractivity contribution in [3.8, 4) is 5.75 Å². The number of nitro groups is 1. The van der Waals surface area contributed by atoms with Crippen LogP contribution in [-0.2, 0) is 0 Å². The van der Waals surface area contributed by atoms with E-state index in [2.05, 4.69) is 5.32 Å². The van der Waals surface area contributed by atoms with Crippen LogP contribution >= 0.6 is 0 Å². The van der Waals surface area contributed by atoms with Gasteiger partial charge >= 0.3 is 5.69 Å². The summed E-state index contributed by atoms with van der Waals surface area (Å²) >= 11 is 0. The highest BCUT2D eigenvalue weighted by atomic mass is 19.1. The molecule has 0 aliphatic rings. The Balaban J connectivity index is 3.11. The van der Waals surface area contributed by atoms with Gasteiger partial charge in [0.2, 0.25) is 0 Å². The lowest BCUT2D eigenvalue weighted by Gasteiger charge is -2.16. The third-order valence-electron chi connectivity index (χ3n) is 2.54. The summed E-state index contributed by atoms with van der Waals surface area (Å²) in [6.07, 6.45) is 0.593. The van der Waals surface area contributed by atoms with Crippen molar-refractivity contribution in [3.63, 3.8) is 0 Å². The Labute approximate surface area is 104 Å². The molecular weight excluding hydrogens is 243 g/mol. The summed E-state index contributed by atoms with van der Waals surface area (Å²) in [6, 6.07) is 1.70. The fourth-order valence-corrected chi connectivity index (χ4v) is 1.46. The zero-order valence-corrected chi connectivity index (χ0v) is 10.1. The first kappa shape index (κ1) is 14.2.